The first-order valence-corrected chi connectivity index (χ1v) is 6.79. The molecule has 1 nitrogen and oxygen atoms in total. The molecule has 1 fully saturated rings. The van der Waals surface area contributed by atoms with Gasteiger partial charge in [-0.25, -0.2) is 0 Å². The summed E-state index contributed by atoms with van der Waals surface area (Å²) in [4.78, 5) is 0. The van der Waals surface area contributed by atoms with Crippen molar-refractivity contribution in [1.29, 1.82) is 0 Å². The lowest BCUT2D eigenvalue weighted by molar-refractivity contribution is -0.0916. The minimum Gasteiger partial charge on any atom is -0.490 e. The molecule has 17 heavy (non-hydrogen) atoms. The third-order valence-corrected chi connectivity index (χ3v) is 4.52. The predicted molar refractivity (Wildman–Crippen MR) is 72.4 cm³/mol. The second-order valence-electron chi connectivity index (χ2n) is 5.81. The fraction of sp³-hybridized carbons (Fsp3) is 0.625. The third-order valence-electron chi connectivity index (χ3n) is 4.52. The highest BCUT2D eigenvalue weighted by molar-refractivity contribution is 5.27. The molecule has 2 rings (SSSR count). The number of ether oxygens (including phenoxy) is 1. The standard InChI is InChI=1S/C16H24O/c1-5-10-16(4)13(3)11-15(16)17-14-8-6-12(2)7-9-14/h6-9,13,15H,5,10-11H2,1-4H3. The Kier molecular flexibility index (Phi) is 3.46. The fourth-order valence-electron chi connectivity index (χ4n) is 2.93. The first kappa shape index (κ1) is 12.5. The Bertz CT molecular complexity index is 368. The van der Waals surface area contributed by atoms with E-state index in [0.717, 1.165) is 11.7 Å². The van der Waals surface area contributed by atoms with Gasteiger partial charge in [0.25, 0.3) is 0 Å². The molecule has 1 heteroatoms. The van der Waals surface area contributed by atoms with Crippen LogP contribution in [-0.2, 0) is 0 Å². The van der Waals surface area contributed by atoms with Crippen molar-refractivity contribution in [2.45, 2.75) is 53.1 Å². The van der Waals surface area contributed by atoms with E-state index >= 15 is 0 Å². The topological polar surface area (TPSA) is 9.23 Å². The normalized spacial score (nSPS) is 32.0. The van der Waals surface area contributed by atoms with E-state index in [0.29, 0.717) is 11.5 Å². The van der Waals surface area contributed by atoms with Crippen molar-refractivity contribution in [2.24, 2.45) is 11.3 Å². The van der Waals surface area contributed by atoms with Gasteiger partial charge in [-0.05, 0) is 37.8 Å². The van der Waals surface area contributed by atoms with Crippen LogP contribution in [-0.4, -0.2) is 6.10 Å². The molecule has 0 aliphatic heterocycles. The van der Waals surface area contributed by atoms with Gasteiger partial charge in [-0.2, -0.15) is 0 Å². The highest BCUT2D eigenvalue weighted by atomic mass is 16.5. The predicted octanol–water partition coefficient (Wildman–Crippen LogP) is 4.59. The molecule has 1 aliphatic rings. The highest BCUT2D eigenvalue weighted by Gasteiger charge is 2.49. The fourth-order valence-corrected chi connectivity index (χ4v) is 2.93. The van der Waals surface area contributed by atoms with Crippen LogP contribution in [0.1, 0.15) is 45.6 Å². The molecule has 1 aromatic carbocycles. The Balaban J connectivity index is 2.02. The van der Waals surface area contributed by atoms with E-state index < -0.39 is 0 Å². The molecule has 0 radical (unpaired) electrons. The highest BCUT2D eigenvalue weighted by Crippen LogP contribution is 2.51. The Morgan fingerprint density at radius 3 is 2.47 bits per heavy atom. The van der Waals surface area contributed by atoms with E-state index in [1.54, 1.807) is 0 Å². The second kappa shape index (κ2) is 4.72. The SMILES string of the molecule is CCCC1(C)C(C)CC1Oc1ccc(C)cc1. The summed E-state index contributed by atoms with van der Waals surface area (Å²) >= 11 is 0. The van der Waals surface area contributed by atoms with Crippen LogP contribution in [0, 0.1) is 18.3 Å². The van der Waals surface area contributed by atoms with Crippen LogP contribution < -0.4 is 4.74 Å². The monoisotopic (exact) mass is 232 g/mol. The lowest BCUT2D eigenvalue weighted by atomic mass is 9.57. The number of rotatable bonds is 4. The van der Waals surface area contributed by atoms with Crippen LogP contribution in [0.5, 0.6) is 5.75 Å². The Morgan fingerprint density at radius 1 is 1.29 bits per heavy atom. The van der Waals surface area contributed by atoms with Crippen LogP contribution in [0.15, 0.2) is 24.3 Å². The maximum Gasteiger partial charge on any atom is 0.119 e. The van der Waals surface area contributed by atoms with Gasteiger partial charge in [0.1, 0.15) is 11.9 Å². The van der Waals surface area contributed by atoms with Crippen molar-refractivity contribution in [3.8, 4) is 5.75 Å². The van der Waals surface area contributed by atoms with Gasteiger partial charge in [-0.15, -0.1) is 0 Å². The molecule has 0 saturated heterocycles. The van der Waals surface area contributed by atoms with Crippen molar-refractivity contribution in [3.05, 3.63) is 29.8 Å². The third kappa shape index (κ3) is 2.34. The summed E-state index contributed by atoms with van der Waals surface area (Å²) in [5.41, 5.74) is 1.66. The zero-order valence-electron chi connectivity index (χ0n) is 11.5. The summed E-state index contributed by atoms with van der Waals surface area (Å²) in [6.45, 7) is 9.10. The van der Waals surface area contributed by atoms with Gasteiger partial charge in [0.2, 0.25) is 0 Å². The van der Waals surface area contributed by atoms with Crippen LogP contribution in [0.3, 0.4) is 0 Å². The minimum atomic E-state index is 0.375. The molecule has 3 unspecified atom stereocenters. The van der Waals surface area contributed by atoms with E-state index in [1.807, 2.05) is 0 Å². The zero-order valence-corrected chi connectivity index (χ0v) is 11.5. The lowest BCUT2D eigenvalue weighted by Gasteiger charge is -2.52. The summed E-state index contributed by atoms with van der Waals surface area (Å²) in [5, 5.41) is 0. The Hall–Kier alpha value is -0.980. The molecular weight excluding hydrogens is 208 g/mol. The van der Waals surface area contributed by atoms with Crippen LogP contribution >= 0.6 is 0 Å². The van der Waals surface area contributed by atoms with Crippen LogP contribution in [0.2, 0.25) is 0 Å². The number of aryl methyl sites for hydroxylation is 1. The number of benzene rings is 1. The van der Waals surface area contributed by atoms with Crippen molar-refractivity contribution in [3.63, 3.8) is 0 Å². The van der Waals surface area contributed by atoms with E-state index in [2.05, 4.69) is 52.0 Å². The lowest BCUT2D eigenvalue weighted by Crippen LogP contribution is -2.53. The first-order chi connectivity index (χ1) is 8.06. The van der Waals surface area contributed by atoms with Crippen molar-refractivity contribution in [2.75, 3.05) is 0 Å². The quantitative estimate of drug-likeness (QED) is 0.738. The molecule has 0 spiro atoms. The number of hydrogen-bond donors (Lipinski definition) is 0. The second-order valence-corrected chi connectivity index (χ2v) is 5.81. The first-order valence-electron chi connectivity index (χ1n) is 6.79. The minimum absolute atomic E-state index is 0.375. The van der Waals surface area contributed by atoms with E-state index in [4.69, 9.17) is 4.74 Å². The summed E-state index contributed by atoms with van der Waals surface area (Å²) in [6, 6.07) is 8.42. The Labute approximate surface area is 105 Å². The van der Waals surface area contributed by atoms with E-state index in [1.165, 1.54) is 24.8 Å². The van der Waals surface area contributed by atoms with Gasteiger partial charge in [0.15, 0.2) is 0 Å². The number of hydrogen-bond acceptors (Lipinski definition) is 1. The largest absolute Gasteiger partial charge is 0.490 e. The van der Waals surface area contributed by atoms with Gasteiger partial charge in [0.05, 0.1) is 0 Å². The maximum atomic E-state index is 6.14. The molecule has 94 valence electrons. The molecule has 1 aromatic rings. The molecule has 3 atom stereocenters. The molecule has 0 aromatic heterocycles. The molecule has 0 bridgehead atoms. The van der Waals surface area contributed by atoms with Gasteiger partial charge in [-0.1, -0.05) is 44.9 Å². The summed E-state index contributed by atoms with van der Waals surface area (Å²) < 4.78 is 6.14. The molecule has 1 saturated carbocycles. The molecule has 1 aliphatic carbocycles. The van der Waals surface area contributed by atoms with Crippen molar-refractivity contribution >= 4 is 0 Å². The summed E-state index contributed by atoms with van der Waals surface area (Å²) in [6.07, 6.45) is 4.11. The summed E-state index contributed by atoms with van der Waals surface area (Å²) in [7, 11) is 0. The zero-order chi connectivity index (χ0) is 12.5. The Morgan fingerprint density at radius 2 is 1.94 bits per heavy atom. The summed E-state index contributed by atoms with van der Waals surface area (Å²) in [5.74, 6) is 1.81. The van der Waals surface area contributed by atoms with Gasteiger partial charge in [0, 0.05) is 5.41 Å². The average molecular weight is 232 g/mol. The average Bonchev–Trinajstić information content (AvgIpc) is 2.32. The van der Waals surface area contributed by atoms with Crippen LogP contribution in [0.4, 0.5) is 0 Å². The van der Waals surface area contributed by atoms with E-state index in [9.17, 15) is 0 Å². The smallest absolute Gasteiger partial charge is 0.119 e. The molecule has 0 heterocycles. The van der Waals surface area contributed by atoms with Gasteiger partial charge < -0.3 is 4.74 Å². The molecule has 0 amide bonds. The molecular formula is C16H24O. The van der Waals surface area contributed by atoms with Gasteiger partial charge in [-0.3, -0.25) is 0 Å². The van der Waals surface area contributed by atoms with Crippen molar-refractivity contribution < 1.29 is 4.74 Å². The maximum absolute atomic E-state index is 6.14. The van der Waals surface area contributed by atoms with Gasteiger partial charge >= 0.3 is 0 Å². The van der Waals surface area contributed by atoms with Crippen molar-refractivity contribution in [1.82, 2.24) is 0 Å². The molecule has 0 N–H and O–H groups in total. The van der Waals surface area contributed by atoms with Crippen LogP contribution in [0.25, 0.3) is 0 Å². The van der Waals surface area contributed by atoms with E-state index in [-0.39, 0.29) is 0 Å².